The Kier molecular flexibility index (Phi) is 10.3. The van der Waals surface area contributed by atoms with Crippen molar-refractivity contribution in [1.82, 2.24) is 19.8 Å². The van der Waals surface area contributed by atoms with Gasteiger partial charge in [0.05, 0.1) is 36.0 Å². The number of likely N-dealkylation sites (tertiary alicyclic amines) is 2. The Morgan fingerprint density at radius 3 is 1.61 bits per heavy atom. The number of hydrogen-bond donors (Lipinski definition) is 2. The highest BCUT2D eigenvalue weighted by molar-refractivity contribution is 5.90. The first kappa shape index (κ1) is 40.8. The number of aryl methyl sites for hydroxylation is 3. The van der Waals surface area contributed by atoms with E-state index in [9.17, 15) is 41.1 Å². The maximum absolute atomic E-state index is 14.4. The number of fused-ring (bicyclic) bond motifs is 6. The standard InChI is InChI=1S/C25H22F2N2O2.C24H19F3N2O2/c1-13-4-3-5-16(8-13)18-9-15-10-21(18)29(12-15)22(30)11-17-14(2)23-20(28-25(17)31)7-6-19(26)24(23)27;1-12-15(24(31)28-19-7-6-18(26)23(27)22(12)19)10-21(30)29-11-13-8-16(20(29)9-13)14-4-2-3-5-17(14)25/h3-9,15,21H,10-12H2,1-2H3,(H,28,31);2-8,13,20H,9-11H2,1H3,(H,28,31). The van der Waals surface area contributed by atoms with E-state index in [1.165, 1.54) is 25.1 Å². The van der Waals surface area contributed by atoms with Gasteiger partial charge in [-0.2, -0.15) is 0 Å². The summed E-state index contributed by atoms with van der Waals surface area (Å²) in [6.07, 6.45) is 5.47. The summed E-state index contributed by atoms with van der Waals surface area (Å²) >= 11 is 0. The van der Waals surface area contributed by atoms with Crippen LogP contribution in [0.25, 0.3) is 33.0 Å². The number of H-pyrrole nitrogens is 2. The van der Waals surface area contributed by atoms with E-state index in [0.29, 0.717) is 36.6 Å². The van der Waals surface area contributed by atoms with E-state index < -0.39 is 34.4 Å². The second-order valence-corrected chi connectivity index (χ2v) is 16.7. The lowest BCUT2D eigenvalue weighted by molar-refractivity contribution is -0.131. The highest BCUT2D eigenvalue weighted by Gasteiger charge is 2.43. The molecule has 0 radical (unpaired) electrons. The average molecular weight is 845 g/mol. The number of benzene rings is 4. The topological polar surface area (TPSA) is 106 Å². The van der Waals surface area contributed by atoms with E-state index in [4.69, 9.17) is 0 Å². The van der Waals surface area contributed by atoms with E-state index in [1.54, 1.807) is 30.0 Å². The molecule has 4 heterocycles. The third-order valence-electron chi connectivity index (χ3n) is 12.9. The number of pyridine rings is 2. The van der Waals surface area contributed by atoms with Crippen LogP contribution in [0.5, 0.6) is 0 Å². The van der Waals surface area contributed by atoms with Gasteiger partial charge in [-0.3, -0.25) is 19.2 Å². The molecule has 62 heavy (non-hydrogen) atoms. The van der Waals surface area contributed by atoms with Crippen LogP contribution in [0.3, 0.4) is 0 Å². The van der Waals surface area contributed by atoms with Crippen molar-refractivity contribution in [3.05, 3.63) is 174 Å². The van der Waals surface area contributed by atoms with Crippen molar-refractivity contribution in [1.29, 1.82) is 0 Å². The Bertz CT molecular complexity index is 3060. The van der Waals surface area contributed by atoms with Crippen molar-refractivity contribution < 1.29 is 31.5 Å². The lowest BCUT2D eigenvalue weighted by Gasteiger charge is -2.29. The van der Waals surface area contributed by atoms with E-state index in [-0.39, 0.29) is 87.0 Å². The molecule has 6 aromatic rings. The van der Waals surface area contributed by atoms with Gasteiger partial charge in [0.1, 0.15) is 5.82 Å². The van der Waals surface area contributed by atoms with Crippen LogP contribution in [0.2, 0.25) is 0 Å². The fraction of sp³-hybridized carbons (Fsp3) is 0.265. The smallest absolute Gasteiger partial charge is 0.252 e. The number of nitrogens with one attached hydrogen (secondary N) is 2. The largest absolute Gasteiger partial charge is 0.335 e. The second-order valence-electron chi connectivity index (χ2n) is 16.7. The van der Waals surface area contributed by atoms with Crippen LogP contribution in [0.4, 0.5) is 22.0 Å². The monoisotopic (exact) mass is 844 g/mol. The summed E-state index contributed by atoms with van der Waals surface area (Å²) in [5, 5.41) is -0.0111. The molecule has 0 spiro atoms. The molecule has 8 nitrogen and oxygen atoms in total. The van der Waals surface area contributed by atoms with Crippen LogP contribution in [0.15, 0.2) is 94.5 Å². The first-order valence-corrected chi connectivity index (χ1v) is 20.5. The van der Waals surface area contributed by atoms with Crippen LogP contribution in [-0.2, 0) is 22.4 Å². The van der Waals surface area contributed by atoms with Crippen LogP contribution >= 0.6 is 0 Å². The molecule has 2 N–H and O–H groups in total. The van der Waals surface area contributed by atoms with E-state index in [0.717, 1.165) is 40.8 Å². The number of aromatic amines is 2. The molecule has 4 unspecified atom stereocenters. The van der Waals surface area contributed by atoms with Crippen molar-refractivity contribution in [3.63, 3.8) is 0 Å². The van der Waals surface area contributed by atoms with Gasteiger partial charge in [-0.25, -0.2) is 22.0 Å². The SMILES string of the molecule is Cc1c(CC(=O)N2CC3C=C(c4ccccc4F)C2C3)c(=O)[nH]c2ccc(F)c(F)c12.Cc1cccc(C2=CC3CC2N(C(=O)Cc2c(C)c4c(F)c(F)ccc4[nH]c2=O)C3)c1. The van der Waals surface area contributed by atoms with Gasteiger partial charge in [0.15, 0.2) is 23.3 Å². The van der Waals surface area contributed by atoms with Gasteiger partial charge in [-0.05, 0) is 104 Å². The zero-order valence-electron chi connectivity index (χ0n) is 34.1. The van der Waals surface area contributed by atoms with Gasteiger partial charge in [-0.15, -0.1) is 0 Å². The van der Waals surface area contributed by atoms with Gasteiger partial charge in [0.2, 0.25) is 11.8 Å². The molecule has 2 aliphatic carbocycles. The lowest BCUT2D eigenvalue weighted by atomic mass is 9.97. The first-order chi connectivity index (χ1) is 29.7. The minimum Gasteiger partial charge on any atom is -0.335 e. The van der Waals surface area contributed by atoms with Crippen LogP contribution in [-0.4, -0.2) is 56.8 Å². The van der Waals surface area contributed by atoms with Gasteiger partial charge in [-0.1, -0.05) is 60.2 Å². The molecule has 13 heteroatoms. The van der Waals surface area contributed by atoms with Gasteiger partial charge in [0.25, 0.3) is 11.1 Å². The Morgan fingerprint density at radius 2 is 1.11 bits per heavy atom. The molecule has 4 atom stereocenters. The zero-order chi connectivity index (χ0) is 43.7. The third kappa shape index (κ3) is 7.02. The summed E-state index contributed by atoms with van der Waals surface area (Å²) in [7, 11) is 0. The molecular weight excluding hydrogens is 804 g/mol. The minimum absolute atomic E-state index is 0.0192. The quantitative estimate of drug-likeness (QED) is 0.164. The number of carbonyl (C=O) groups excluding carboxylic acids is 2. The normalized spacial score (nSPS) is 19.9. The minimum atomic E-state index is -1.05. The van der Waals surface area contributed by atoms with E-state index in [1.807, 2.05) is 30.0 Å². The number of carbonyl (C=O) groups is 2. The highest BCUT2D eigenvalue weighted by Crippen LogP contribution is 2.44. The number of hydrogen-bond acceptors (Lipinski definition) is 4. The number of nitrogens with zero attached hydrogens (tertiary/aromatic N) is 2. The molecular formula is C49H41F5N4O4. The fourth-order valence-corrected chi connectivity index (χ4v) is 9.94. The predicted octanol–water partition coefficient (Wildman–Crippen LogP) is 8.39. The lowest BCUT2D eigenvalue weighted by Crippen LogP contribution is -2.39. The van der Waals surface area contributed by atoms with Crippen molar-refractivity contribution in [2.45, 2.75) is 58.5 Å². The number of aromatic nitrogens is 2. The summed E-state index contributed by atoms with van der Waals surface area (Å²) < 4.78 is 70.6. The van der Waals surface area contributed by atoms with Crippen molar-refractivity contribution >= 4 is 44.8 Å². The predicted molar refractivity (Wildman–Crippen MR) is 227 cm³/mol. The molecule has 0 saturated carbocycles. The van der Waals surface area contributed by atoms with Gasteiger partial charge >= 0.3 is 0 Å². The Labute approximate surface area is 352 Å². The van der Waals surface area contributed by atoms with Crippen LogP contribution < -0.4 is 11.1 Å². The Hall–Kier alpha value is -6.63. The molecule has 2 amide bonds. The Balaban J connectivity index is 0.000000158. The number of rotatable bonds is 6. The average Bonchev–Trinajstić information content (AvgIpc) is 4.06. The first-order valence-electron chi connectivity index (χ1n) is 20.5. The van der Waals surface area contributed by atoms with E-state index in [2.05, 4.69) is 28.2 Å². The Morgan fingerprint density at radius 1 is 0.613 bits per heavy atom. The summed E-state index contributed by atoms with van der Waals surface area (Å²) in [4.78, 5) is 60.2. The summed E-state index contributed by atoms with van der Waals surface area (Å²) in [6.45, 7) is 6.23. The zero-order valence-corrected chi connectivity index (χ0v) is 34.1. The second kappa shape index (κ2) is 15.7. The maximum atomic E-state index is 14.4. The molecule has 2 fully saturated rings. The van der Waals surface area contributed by atoms with E-state index >= 15 is 0 Å². The summed E-state index contributed by atoms with van der Waals surface area (Å²) in [5.74, 6) is -4.43. The van der Waals surface area contributed by atoms with Crippen molar-refractivity contribution in [3.8, 4) is 0 Å². The molecule has 2 aromatic heterocycles. The molecule has 10 rings (SSSR count). The summed E-state index contributed by atoms with van der Waals surface area (Å²) in [6, 6.07) is 19.0. The molecule has 4 bridgehead atoms. The van der Waals surface area contributed by atoms with Gasteiger partial charge < -0.3 is 19.8 Å². The molecule has 2 aliphatic heterocycles. The van der Waals surface area contributed by atoms with Crippen molar-refractivity contribution in [2.24, 2.45) is 11.8 Å². The van der Waals surface area contributed by atoms with Gasteiger partial charge in [0, 0.05) is 40.6 Å². The number of amides is 2. The van der Waals surface area contributed by atoms with Crippen LogP contribution in [0, 0.1) is 61.7 Å². The fourth-order valence-electron chi connectivity index (χ4n) is 9.94. The highest BCUT2D eigenvalue weighted by atomic mass is 19.2. The molecule has 4 aliphatic rings. The third-order valence-corrected chi connectivity index (χ3v) is 12.9. The maximum Gasteiger partial charge on any atom is 0.252 e. The molecule has 2 saturated heterocycles. The number of halogens is 5. The van der Waals surface area contributed by atoms with Crippen molar-refractivity contribution in [2.75, 3.05) is 13.1 Å². The molecule has 316 valence electrons. The van der Waals surface area contributed by atoms with Crippen LogP contribution in [0.1, 0.15) is 51.8 Å². The summed E-state index contributed by atoms with van der Waals surface area (Å²) in [5.41, 5.74) is 4.99. The molecule has 4 aromatic carbocycles.